The largest absolute Gasteiger partial charge is 0.465 e. The number of halogens is 2. The van der Waals surface area contributed by atoms with Gasteiger partial charge in [-0.15, -0.1) is 0 Å². The summed E-state index contributed by atoms with van der Waals surface area (Å²) in [5.74, 6) is -0.684. The lowest BCUT2D eigenvalue weighted by molar-refractivity contribution is -0.114. The van der Waals surface area contributed by atoms with Crippen LogP contribution in [0.3, 0.4) is 0 Å². The highest BCUT2D eigenvalue weighted by molar-refractivity contribution is 6.65. The zero-order chi connectivity index (χ0) is 10.0. The molecular formula is C7H5ClFNO3. The molecule has 0 aromatic rings. The zero-order valence-corrected chi connectivity index (χ0v) is 7.03. The first-order valence-electron chi connectivity index (χ1n) is 3.28. The lowest BCUT2D eigenvalue weighted by Gasteiger charge is -2.22. The minimum absolute atomic E-state index is 0.623. The minimum atomic E-state index is -1.36. The molecule has 0 saturated carbocycles. The summed E-state index contributed by atoms with van der Waals surface area (Å²) in [6.45, 7) is 0. The van der Waals surface area contributed by atoms with Crippen molar-refractivity contribution in [2.24, 2.45) is 0 Å². The Morgan fingerprint density at radius 2 is 2.23 bits per heavy atom. The molecular weight excluding hydrogens is 201 g/mol. The van der Waals surface area contributed by atoms with Crippen LogP contribution in [0.2, 0.25) is 0 Å². The van der Waals surface area contributed by atoms with Crippen LogP contribution in [0.4, 0.5) is 9.18 Å². The van der Waals surface area contributed by atoms with Gasteiger partial charge in [0.15, 0.2) is 0 Å². The SMILES string of the molecule is O=C(Cl)[C@H]1C=C(F)C=CN1C(=O)O. The van der Waals surface area contributed by atoms with Crippen LogP contribution in [0.15, 0.2) is 24.2 Å². The molecule has 0 spiro atoms. The Balaban J connectivity index is 2.94. The van der Waals surface area contributed by atoms with Crippen molar-refractivity contribution in [3.63, 3.8) is 0 Å². The molecule has 0 fully saturated rings. The van der Waals surface area contributed by atoms with Gasteiger partial charge in [-0.3, -0.25) is 9.69 Å². The molecule has 0 aliphatic carbocycles. The van der Waals surface area contributed by atoms with Gasteiger partial charge in [-0.1, -0.05) is 0 Å². The number of carboxylic acid groups (broad SMARTS) is 1. The van der Waals surface area contributed by atoms with Crippen molar-refractivity contribution in [3.8, 4) is 0 Å². The van der Waals surface area contributed by atoms with Crippen LogP contribution in [0, 0.1) is 0 Å². The van der Waals surface area contributed by atoms with E-state index in [4.69, 9.17) is 16.7 Å². The summed E-state index contributed by atoms with van der Waals surface area (Å²) >= 11 is 5.07. The van der Waals surface area contributed by atoms with Gasteiger partial charge in [0.1, 0.15) is 11.9 Å². The normalized spacial score (nSPS) is 21.2. The van der Waals surface area contributed by atoms with Gasteiger partial charge in [0, 0.05) is 6.20 Å². The van der Waals surface area contributed by atoms with Gasteiger partial charge in [0.2, 0.25) is 5.24 Å². The van der Waals surface area contributed by atoms with E-state index in [0.717, 1.165) is 18.4 Å². The van der Waals surface area contributed by atoms with Crippen LogP contribution in [0.25, 0.3) is 0 Å². The Morgan fingerprint density at radius 3 is 2.69 bits per heavy atom. The van der Waals surface area contributed by atoms with E-state index in [2.05, 4.69) is 0 Å². The fraction of sp³-hybridized carbons (Fsp3) is 0.143. The van der Waals surface area contributed by atoms with Gasteiger partial charge in [0.05, 0.1) is 0 Å². The fourth-order valence-corrected chi connectivity index (χ4v) is 1.06. The highest BCUT2D eigenvalue weighted by atomic mass is 35.5. The molecule has 0 radical (unpaired) electrons. The molecule has 1 aliphatic rings. The average molecular weight is 206 g/mol. The van der Waals surface area contributed by atoms with E-state index in [1.165, 1.54) is 0 Å². The van der Waals surface area contributed by atoms with Crippen molar-refractivity contribution in [1.82, 2.24) is 4.90 Å². The number of amides is 1. The summed E-state index contributed by atoms with van der Waals surface area (Å²) in [4.78, 5) is 21.8. The maximum Gasteiger partial charge on any atom is 0.412 e. The number of nitrogens with zero attached hydrogens (tertiary/aromatic N) is 1. The molecule has 0 bridgehead atoms. The predicted octanol–water partition coefficient (Wildman–Crippen LogP) is 1.48. The van der Waals surface area contributed by atoms with Crippen molar-refractivity contribution < 1.29 is 19.1 Å². The van der Waals surface area contributed by atoms with Crippen molar-refractivity contribution in [3.05, 3.63) is 24.2 Å². The quantitative estimate of drug-likeness (QED) is 0.660. The summed E-state index contributed by atoms with van der Waals surface area (Å²) in [7, 11) is 0. The van der Waals surface area contributed by atoms with E-state index < -0.39 is 23.2 Å². The molecule has 0 aromatic carbocycles. The lowest BCUT2D eigenvalue weighted by atomic mass is 10.2. The van der Waals surface area contributed by atoms with Gasteiger partial charge in [-0.05, 0) is 23.8 Å². The predicted molar refractivity (Wildman–Crippen MR) is 42.8 cm³/mol. The van der Waals surface area contributed by atoms with E-state index in [0.29, 0.717) is 4.90 Å². The summed E-state index contributed by atoms with van der Waals surface area (Å²) in [6, 6.07) is -1.27. The Morgan fingerprint density at radius 1 is 1.62 bits per heavy atom. The van der Waals surface area contributed by atoms with E-state index in [1.54, 1.807) is 0 Å². The number of rotatable bonds is 1. The second kappa shape index (κ2) is 3.57. The Labute approximate surface area is 77.9 Å². The third kappa shape index (κ3) is 2.06. The molecule has 1 heterocycles. The van der Waals surface area contributed by atoms with E-state index in [9.17, 15) is 14.0 Å². The Kier molecular flexibility index (Phi) is 2.67. The van der Waals surface area contributed by atoms with Crippen LogP contribution in [0.5, 0.6) is 0 Å². The van der Waals surface area contributed by atoms with Crippen LogP contribution in [-0.2, 0) is 4.79 Å². The van der Waals surface area contributed by atoms with Crippen LogP contribution >= 0.6 is 11.6 Å². The molecule has 1 atom stereocenters. The summed E-state index contributed by atoms with van der Waals surface area (Å²) in [6.07, 6.45) is 1.36. The molecule has 1 rings (SSSR count). The number of allylic oxidation sites excluding steroid dienone is 2. The first-order valence-corrected chi connectivity index (χ1v) is 3.66. The molecule has 70 valence electrons. The van der Waals surface area contributed by atoms with Crippen LogP contribution in [-0.4, -0.2) is 27.4 Å². The third-order valence-corrected chi connectivity index (χ3v) is 1.69. The molecule has 1 N–H and O–H groups in total. The number of carbonyl (C=O) groups excluding carboxylic acids is 1. The van der Waals surface area contributed by atoms with E-state index >= 15 is 0 Å². The number of carbonyl (C=O) groups is 2. The standard InChI is InChI=1S/C7H5ClFNO3/c8-6(11)5-3-4(9)1-2-10(5)7(12)13/h1-3,5H,(H,12,13)/t5-/m1/s1. The van der Waals surface area contributed by atoms with Crippen molar-refractivity contribution in [1.29, 1.82) is 0 Å². The summed E-state index contributed by atoms with van der Waals surface area (Å²) < 4.78 is 12.6. The van der Waals surface area contributed by atoms with Gasteiger partial charge in [-0.2, -0.15) is 0 Å². The molecule has 0 aromatic heterocycles. The second-order valence-corrected chi connectivity index (χ2v) is 2.68. The number of hydrogen-bond acceptors (Lipinski definition) is 2. The van der Waals surface area contributed by atoms with Crippen molar-refractivity contribution >= 4 is 22.9 Å². The van der Waals surface area contributed by atoms with Crippen LogP contribution < -0.4 is 0 Å². The van der Waals surface area contributed by atoms with Crippen molar-refractivity contribution in [2.75, 3.05) is 0 Å². The second-order valence-electron chi connectivity index (χ2n) is 2.31. The van der Waals surface area contributed by atoms with Crippen molar-refractivity contribution in [2.45, 2.75) is 6.04 Å². The number of hydrogen-bond donors (Lipinski definition) is 1. The highest BCUT2D eigenvalue weighted by Gasteiger charge is 2.27. The lowest BCUT2D eigenvalue weighted by Crippen LogP contribution is -2.39. The van der Waals surface area contributed by atoms with E-state index in [1.807, 2.05) is 0 Å². The summed E-state index contributed by atoms with van der Waals surface area (Å²) in [5, 5.41) is 7.61. The average Bonchev–Trinajstić information content (AvgIpc) is 2.03. The smallest absolute Gasteiger partial charge is 0.412 e. The van der Waals surface area contributed by atoms with Gasteiger partial charge in [0.25, 0.3) is 0 Å². The Hall–Kier alpha value is -1.36. The van der Waals surface area contributed by atoms with E-state index in [-0.39, 0.29) is 0 Å². The zero-order valence-electron chi connectivity index (χ0n) is 6.28. The fourth-order valence-electron chi connectivity index (χ4n) is 0.889. The molecule has 0 saturated heterocycles. The monoisotopic (exact) mass is 205 g/mol. The minimum Gasteiger partial charge on any atom is -0.465 e. The molecule has 1 aliphatic heterocycles. The van der Waals surface area contributed by atoms with Crippen LogP contribution in [0.1, 0.15) is 0 Å². The first kappa shape index (κ1) is 9.73. The van der Waals surface area contributed by atoms with Gasteiger partial charge in [-0.25, -0.2) is 9.18 Å². The maximum absolute atomic E-state index is 12.6. The molecule has 6 heteroatoms. The Bertz CT molecular complexity index is 313. The van der Waals surface area contributed by atoms with Gasteiger partial charge >= 0.3 is 6.09 Å². The van der Waals surface area contributed by atoms with Gasteiger partial charge < -0.3 is 5.11 Å². The maximum atomic E-state index is 12.6. The third-order valence-electron chi connectivity index (χ3n) is 1.46. The topological polar surface area (TPSA) is 57.6 Å². The first-order chi connectivity index (χ1) is 6.02. The molecule has 1 amide bonds. The molecule has 0 unspecified atom stereocenters. The summed E-state index contributed by atoms with van der Waals surface area (Å²) in [5.41, 5.74) is 0. The highest BCUT2D eigenvalue weighted by Crippen LogP contribution is 2.16. The molecule has 13 heavy (non-hydrogen) atoms. The molecule has 4 nitrogen and oxygen atoms in total.